The Labute approximate surface area is 197 Å². The van der Waals surface area contributed by atoms with Crippen molar-refractivity contribution in [3.63, 3.8) is 0 Å². The van der Waals surface area contributed by atoms with Crippen LogP contribution in [-0.4, -0.2) is 50.0 Å². The number of pyridine rings is 1. The summed E-state index contributed by atoms with van der Waals surface area (Å²) >= 11 is 0. The normalized spacial score (nSPS) is 22.0. The summed E-state index contributed by atoms with van der Waals surface area (Å²) in [4.78, 5) is 10.5. The number of benzene rings is 2. The Morgan fingerprint density at radius 2 is 1.70 bits per heavy atom. The lowest BCUT2D eigenvalue weighted by Crippen LogP contribution is -2.59. The van der Waals surface area contributed by atoms with E-state index in [4.69, 9.17) is 4.98 Å². The monoisotopic (exact) mass is 462 g/mol. The number of hydrogen-bond donors (Lipinski definition) is 0. The van der Waals surface area contributed by atoms with Gasteiger partial charge in [-0.1, -0.05) is 44.2 Å². The van der Waals surface area contributed by atoms with Crippen LogP contribution in [0.1, 0.15) is 39.5 Å². The number of aromatic nitrogens is 1. The minimum Gasteiger partial charge on any atom is -0.365 e. The molecule has 0 amide bonds. The van der Waals surface area contributed by atoms with E-state index in [2.05, 4.69) is 29.7 Å². The molecule has 3 aromatic rings. The topological polar surface area (TPSA) is 53.5 Å². The van der Waals surface area contributed by atoms with Crippen LogP contribution < -0.4 is 4.90 Å². The Morgan fingerprint density at radius 3 is 2.48 bits per heavy atom. The van der Waals surface area contributed by atoms with E-state index in [0.29, 0.717) is 17.0 Å². The predicted molar refractivity (Wildman–Crippen MR) is 133 cm³/mol. The van der Waals surface area contributed by atoms with Gasteiger partial charge in [0.1, 0.15) is 0 Å². The van der Waals surface area contributed by atoms with Gasteiger partial charge in [-0.3, -0.25) is 9.88 Å². The van der Waals surface area contributed by atoms with Crippen LogP contribution in [0.25, 0.3) is 10.9 Å². The molecule has 33 heavy (non-hydrogen) atoms. The molecule has 0 spiro atoms. The standard InChI is InChI=1S/C27H32N3O2S/c1-20(2)19-29-15-7-14-25-24(29)13-8-16-30(25)26-12-6-9-21-17-23(18-28-27(21)26)33(31,32)22-10-4-3-5-11-22/h3-6,9-12,17-18,24-25H,7-8,13-16,19H2,1-2H3. The summed E-state index contributed by atoms with van der Waals surface area (Å²) in [5.74, 6) is 1.46. The van der Waals surface area contributed by atoms with Crippen LogP contribution in [0, 0.1) is 5.92 Å². The van der Waals surface area contributed by atoms with E-state index in [0.717, 1.165) is 36.1 Å². The number of piperidine rings is 2. The van der Waals surface area contributed by atoms with E-state index in [1.54, 1.807) is 30.3 Å². The van der Waals surface area contributed by atoms with E-state index >= 15 is 0 Å². The summed E-state index contributed by atoms with van der Waals surface area (Å²) in [7, 11) is -3.59. The van der Waals surface area contributed by atoms with Crippen molar-refractivity contribution in [3.8, 4) is 0 Å². The summed E-state index contributed by atoms with van der Waals surface area (Å²) in [5, 5.41) is 0.872. The van der Waals surface area contributed by atoms with Gasteiger partial charge in [-0.15, -0.1) is 0 Å². The molecule has 3 heterocycles. The number of fused-ring (bicyclic) bond motifs is 2. The third-order valence-electron chi connectivity index (χ3n) is 7.01. The molecule has 5 nitrogen and oxygen atoms in total. The van der Waals surface area contributed by atoms with Crippen molar-refractivity contribution in [2.24, 2.45) is 0 Å². The van der Waals surface area contributed by atoms with E-state index in [1.807, 2.05) is 18.2 Å². The van der Waals surface area contributed by atoms with Crippen molar-refractivity contribution in [1.29, 1.82) is 0 Å². The van der Waals surface area contributed by atoms with Gasteiger partial charge in [0.25, 0.3) is 0 Å². The Morgan fingerprint density at radius 1 is 0.939 bits per heavy atom. The number of hydrogen-bond acceptors (Lipinski definition) is 5. The average Bonchev–Trinajstić information content (AvgIpc) is 2.83. The smallest absolute Gasteiger partial charge is 0.208 e. The molecule has 2 aromatic carbocycles. The molecule has 2 saturated heterocycles. The lowest BCUT2D eigenvalue weighted by atomic mass is 9.86. The van der Waals surface area contributed by atoms with Crippen molar-refractivity contribution >= 4 is 26.4 Å². The van der Waals surface area contributed by atoms with Gasteiger partial charge in [0, 0.05) is 36.8 Å². The number of anilines is 1. The first kappa shape index (κ1) is 22.4. The van der Waals surface area contributed by atoms with Crippen LogP contribution >= 0.6 is 0 Å². The zero-order chi connectivity index (χ0) is 23.0. The highest BCUT2D eigenvalue weighted by molar-refractivity contribution is 7.91. The number of rotatable bonds is 5. The number of sulfone groups is 1. The summed E-state index contributed by atoms with van der Waals surface area (Å²) in [6.07, 6.45) is 6.34. The van der Waals surface area contributed by atoms with Crippen molar-refractivity contribution in [2.75, 3.05) is 24.5 Å². The Bertz CT molecular complexity index is 1230. The van der Waals surface area contributed by atoms with Gasteiger partial charge in [0.2, 0.25) is 9.84 Å². The fraction of sp³-hybridized carbons (Fsp3) is 0.407. The second kappa shape index (κ2) is 9.07. The fourth-order valence-electron chi connectivity index (χ4n) is 5.62. The first-order valence-electron chi connectivity index (χ1n) is 11.9. The minimum atomic E-state index is -3.59. The highest BCUT2D eigenvalue weighted by atomic mass is 32.2. The van der Waals surface area contributed by atoms with Crippen LogP contribution in [-0.2, 0) is 9.84 Å². The molecule has 0 aliphatic carbocycles. The molecule has 1 radical (unpaired) electrons. The summed E-state index contributed by atoms with van der Waals surface area (Å²) in [6, 6.07) is 17.6. The zero-order valence-electron chi connectivity index (χ0n) is 19.4. The van der Waals surface area contributed by atoms with Gasteiger partial charge in [-0.25, -0.2) is 8.42 Å². The summed E-state index contributed by atoms with van der Waals surface area (Å²) in [5.41, 5.74) is 2.02. The minimum absolute atomic E-state index is 0.243. The van der Waals surface area contributed by atoms with E-state index in [-0.39, 0.29) is 4.90 Å². The van der Waals surface area contributed by atoms with Gasteiger partial charge in [-0.2, -0.15) is 0 Å². The van der Waals surface area contributed by atoms with Gasteiger partial charge in [0.05, 0.1) is 21.0 Å². The van der Waals surface area contributed by atoms with Gasteiger partial charge in [-0.05, 0) is 62.4 Å². The van der Waals surface area contributed by atoms with Crippen LogP contribution in [0.2, 0.25) is 0 Å². The SMILES string of the molecule is C[C](C)CN1CCCC2C1CCCN2c1cccc2cc(S(=O)(=O)c3ccccc3)cnc12. The molecular weight excluding hydrogens is 430 g/mol. The van der Waals surface area contributed by atoms with Crippen LogP contribution in [0.15, 0.2) is 70.6 Å². The first-order chi connectivity index (χ1) is 15.9. The number of nitrogens with zero attached hydrogens (tertiary/aromatic N) is 3. The third kappa shape index (κ3) is 4.26. The Balaban J connectivity index is 1.50. The molecule has 173 valence electrons. The Hall–Kier alpha value is -2.44. The molecule has 2 aliphatic heterocycles. The number of para-hydroxylation sites is 1. The van der Waals surface area contributed by atoms with Crippen molar-refractivity contribution in [3.05, 3.63) is 66.7 Å². The third-order valence-corrected chi connectivity index (χ3v) is 8.75. The van der Waals surface area contributed by atoms with Crippen molar-refractivity contribution in [1.82, 2.24) is 9.88 Å². The van der Waals surface area contributed by atoms with E-state index in [1.165, 1.54) is 37.9 Å². The van der Waals surface area contributed by atoms with Crippen LogP contribution in [0.3, 0.4) is 0 Å². The van der Waals surface area contributed by atoms with Crippen LogP contribution in [0.5, 0.6) is 0 Å². The molecule has 0 bridgehead atoms. The van der Waals surface area contributed by atoms with E-state index in [9.17, 15) is 8.42 Å². The van der Waals surface area contributed by atoms with E-state index < -0.39 is 9.84 Å². The summed E-state index contributed by atoms with van der Waals surface area (Å²) < 4.78 is 26.2. The molecule has 2 atom stereocenters. The lowest BCUT2D eigenvalue weighted by molar-refractivity contribution is 0.107. The molecule has 0 saturated carbocycles. The largest absolute Gasteiger partial charge is 0.365 e. The molecule has 2 fully saturated rings. The van der Waals surface area contributed by atoms with Gasteiger partial charge >= 0.3 is 0 Å². The Kier molecular flexibility index (Phi) is 6.14. The molecule has 6 heteroatoms. The highest BCUT2D eigenvalue weighted by Crippen LogP contribution is 2.37. The average molecular weight is 463 g/mol. The lowest BCUT2D eigenvalue weighted by Gasteiger charge is -2.50. The van der Waals surface area contributed by atoms with Crippen molar-refractivity contribution in [2.45, 2.75) is 61.4 Å². The molecule has 2 aliphatic rings. The molecule has 1 aromatic heterocycles. The quantitative estimate of drug-likeness (QED) is 0.527. The molecule has 0 N–H and O–H groups in total. The maximum atomic E-state index is 13.1. The maximum absolute atomic E-state index is 13.1. The number of likely N-dealkylation sites (tertiary alicyclic amines) is 1. The zero-order valence-corrected chi connectivity index (χ0v) is 20.3. The van der Waals surface area contributed by atoms with Gasteiger partial charge < -0.3 is 4.90 Å². The molecule has 5 rings (SSSR count). The summed E-state index contributed by atoms with van der Waals surface area (Å²) in [6.45, 7) is 7.71. The second-order valence-electron chi connectivity index (χ2n) is 9.63. The predicted octanol–water partition coefficient (Wildman–Crippen LogP) is 5.12. The van der Waals surface area contributed by atoms with Gasteiger partial charge in [0.15, 0.2) is 0 Å². The second-order valence-corrected chi connectivity index (χ2v) is 11.6. The molecule has 2 unspecified atom stereocenters. The van der Waals surface area contributed by atoms with Crippen LogP contribution in [0.4, 0.5) is 5.69 Å². The maximum Gasteiger partial charge on any atom is 0.208 e. The van der Waals surface area contributed by atoms with Crippen molar-refractivity contribution < 1.29 is 8.42 Å². The highest BCUT2D eigenvalue weighted by Gasteiger charge is 2.38. The first-order valence-corrected chi connectivity index (χ1v) is 13.4. The fourth-order valence-corrected chi connectivity index (χ4v) is 6.88. The molecular formula is C27H32N3O2S.